The van der Waals surface area contributed by atoms with E-state index in [0.717, 1.165) is 17.2 Å². The maximum atomic E-state index is 12.5. The molecule has 0 atom stereocenters. The molecule has 2 aromatic heterocycles. The first-order chi connectivity index (χ1) is 8.99. The van der Waals surface area contributed by atoms with Gasteiger partial charge in [-0.15, -0.1) is 0 Å². The summed E-state index contributed by atoms with van der Waals surface area (Å²) in [6, 6.07) is 3.90. The fourth-order valence-electron chi connectivity index (χ4n) is 1.95. The van der Waals surface area contributed by atoms with Crippen molar-refractivity contribution in [1.29, 1.82) is 0 Å². The van der Waals surface area contributed by atoms with Gasteiger partial charge in [-0.3, -0.25) is 9.89 Å². The van der Waals surface area contributed by atoms with E-state index in [1.165, 1.54) is 0 Å². The third kappa shape index (κ3) is 2.86. The highest BCUT2D eigenvalue weighted by Crippen LogP contribution is 2.16. The summed E-state index contributed by atoms with van der Waals surface area (Å²) in [5, 5.41) is 6.69. The van der Waals surface area contributed by atoms with Crippen molar-refractivity contribution in [3.8, 4) is 0 Å². The molecule has 0 fully saturated rings. The average Bonchev–Trinajstić information content (AvgIpc) is 2.94. The van der Waals surface area contributed by atoms with Crippen LogP contribution in [0.3, 0.4) is 0 Å². The number of aromatic amines is 1. The van der Waals surface area contributed by atoms with Gasteiger partial charge in [-0.2, -0.15) is 5.10 Å². The molecule has 2 heterocycles. The van der Waals surface area contributed by atoms with Gasteiger partial charge in [0.15, 0.2) is 0 Å². The van der Waals surface area contributed by atoms with Crippen molar-refractivity contribution in [2.75, 3.05) is 0 Å². The number of amides is 1. The molecule has 2 rings (SSSR count). The monoisotopic (exact) mass is 261 g/mol. The molecule has 0 unspecified atom stereocenters. The zero-order valence-corrected chi connectivity index (χ0v) is 11.7. The number of carbonyl (C=O) groups is 1. The lowest BCUT2D eigenvalue weighted by molar-refractivity contribution is 0.0674. The van der Waals surface area contributed by atoms with E-state index in [9.17, 15) is 4.79 Å². The van der Waals surface area contributed by atoms with Crippen LogP contribution in [0.4, 0.5) is 0 Å². The number of H-pyrrole nitrogens is 1. The lowest BCUT2D eigenvalue weighted by Gasteiger charge is -2.25. The Balaban J connectivity index is 2.21. The van der Waals surface area contributed by atoms with Gasteiger partial charge in [-0.1, -0.05) is 0 Å². The van der Waals surface area contributed by atoms with Crippen molar-refractivity contribution < 1.29 is 9.21 Å². The second kappa shape index (κ2) is 5.30. The van der Waals surface area contributed by atoms with Crippen molar-refractivity contribution in [3.63, 3.8) is 0 Å². The predicted molar refractivity (Wildman–Crippen MR) is 71.8 cm³/mol. The molecule has 5 heteroatoms. The fourth-order valence-corrected chi connectivity index (χ4v) is 1.95. The van der Waals surface area contributed by atoms with Crippen LogP contribution < -0.4 is 0 Å². The van der Waals surface area contributed by atoms with Crippen LogP contribution in [0.2, 0.25) is 0 Å². The Morgan fingerprint density at radius 3 is 2.63 bits per heavy atom. The molecule has 0 saturated carbocycles. The summed E-state index contributed by atoms with van der Waals surface area (Å²) in [4.78, 5) is 14.3. The van der Waals surface area contributed by atoms with Gasteiger partial charge in [0.2, 0.25) is 0 Å². The Kier molecular flexibility index (Phi) is 3.74. The maximum Gasteiger partial charge on any atom is 0.257 e. The number of carbonyl (C=O) groups excluding carboxylic acids is 1. The summed E-state index contributed by atoms with van der Waals surface area (Å²) < 4.78 is 5.54. The number of aryl methyl sites for hydroxylation is 2. The van der Waals surface area contributed by atoms with E-state index in [2.05, 4.69) is 10.2 Å². The lowest BCUT2D eigenvalue weighted by Crippen LogP contribution is -2.36. The third-order valence-corrected chi connectivity index (χ3v) is 3.07. The molecule has 102 valence electrons. The molecule has 0 saturated heterocycles. The highest BCUT2D eigenvalue weighted by atomic mass is 16.3. The van der Waals surface area contributed by atoms with Gasteiger partial charge < -0.3 is 9.32 Å². The molecule has 0 aliphatic heterocycles. The van der Waals surface area contributed by atoms with Crippen LogP contribution in [0.15, 0.2) is 22.7 Å². The van der Waals surface area contributed by atoms with Gasteiger partial charge in [0.25, 0.3) is 5.91 Å². The Bertz CT molecular complexity index is 569. The molecular formula is C14H19N3O2. The molecular weight excluding hydrogens is 242 g/mol. The van der Waals surface area contributed by atoms with Crippen molar-refractivity contribution >= 4 is 5.91 Å². The minimum atomic E-state index is -0.0321. The largest absolute Gasteiger partial charge is 0.464 e. The predicted octanol–water partition coefficient (Wildman–Crippen LogP) is 2.67. The van der Waals surface area contributed by atoms with Crippen molar-refractivity contribution in [2.24, 2.45) is 0 Å². The number of aromatic nitrogens is 2. The molecule has 0 radical (unpaired) electrons. The minimum absolute atomic E-state index is 0.0321. The van der Waals surface area contributed by atoms with Gasteiger partial charge in [0.05, 0.1) is 18.3 Å². The molecule has 5 nitrogen and oxygen atoms in total. The van der Waals surface area contributed by atoms with E-state index >= 15 is 0 Å². The van der Waals surface area contributed by atoms with E-state index < -0.39 is 0 Å². The van der Waals surface area contributed by atoms with E-state index in [0.29, 0.717) is 12.1 Å². The van der Waals surface area contributed by atoms with Crippen LogP contribution in [0.1, 0.15) is 41.4 Å². The normalized spacial score (nSPS) is 11.0. The molecule has 0 aromatic carbocycles. The quantitative estimate of drug-likeness (QED) is 0.920. The van der Waals surface area contributed by atoms with Crippen LogP contribution in [0.5, 0.6) is 0 Å². The number of hydrogen-bond donors (Lipinski definition) is 1. The van der Waals surface area contributed by atoms with Gasteiger partial charge >= 0.3 is 0 Å². The molecule has 0 bridgehead atoms. The SMILES string of the molecule is Cc1ccc(CN(C(=O)c2cn[nH]c2C)C(C)C)o1. The summed E-state index contributed by atoms with van der Waals surface area (Å²) in [6.07, 6.45) is 1.57. The summed E-state index contributed by atoms with van der Waals surface area (Å²) in [6.45, 7) is 8.18. The van der Waals surface area contributed by atoms with E-state index in [1.54, 1.807) is 11.1 Å². The van der Waals surface area contributed by atoms with Crippen LogP contribution in [-0.2, 0) is 6.54 Å². The topological polar surface area (TPSA) is 62.1 Å². The molecule has 0 aliphatic carbocycles. The average molecular weight is 261 g/mol. The molecule has 1 N–H and O–H groups in total. The van der Waals surface area contributed by atoms with Crippen molar-refractivity contribution in [1.82, 2.24) is 15.1 Å². The minimum Gasteiger partial charge on any atom is -0.464 e. The Hall–Kier alpha value is -2.04. The first-order valence-electron chi connectivity index (χ1n) is 6.35. The summed E-state index contributed by atoms with van der Waals surface area (Å²) in [5.41, 5.74) is 1.39. The van der Waals surface area contributed by atoms with Crippen LogP contribution in [0.25, 0.3) is 0 Å². The maximum absolute atomic E-state index is 12.5. The first kappa shape index (κ1) is 13.4. The Labute approximate surface area is 112 Å². The van der Waals surface area contributed by atoms with Crippen molar-refractivity contribution in [2.45, 2.75) is 40.3 Å². The molecule has 1 amide bonds. The Morgan fingerprint density at radius 1 is 1.42 bits per heavy atom. The molecule has 19 heavy (non-hydrogen) atoms. The number of nitrogens with one attached hydrogen (secondary N) is 1. The second-order valence-corrected chi connectivity index (χ2v) is 4.95. The number of rotatable bonds is 4. The summed E-state index contributed by atoms with van der Waals surface area (Å²) >= 11 is 0. The first-order valence-corrected chi connectivity index (χ1v) is 6.35. The highest BCUT2D eigenvalue weighted by Gasteiger charge is 2.22. The smallest absolute Gasteiger partial charge is 0.257 e. The molecule has 0 aliphatic rings. The lowest BCUT2D eigenvalue weighted by atomic mass is 10.2. The summed E-state index contributed by atoms with van der Waals surface area (Å²) in [5.74, 6) is 1.61. The number of furan rings is 1. The zero-order chi connectivity index (χ0) is 14.0. The number of nitrogens with zero attached hydrogens (tertiary/aromatic N) is 2. The zero-order valence-electron chi connectivity index (χ0n) is 11.7. The van der Waals surface area contributed by atoms with E-state index in [1.807, 2.05) is 39.8 Å². The highest BCUT2D eigenvalue weighted by molar-refractivity contribution is 5.95. The fraction of sp³-hybridized carbons (Fsp3) is 0.429. The van der Waals surface area contributed by atoms with Gasteiger partial charge in [0.1, 0.15) is 11.5 Å². The molecule has 2 aromatic rings. The van der Waals surface area contributed by atoms with E-state index in [-0.39, 0.29) is 11.9 Å². The van der Waals surface area contributed by atoms with Crippen LogP contribution in [0, 0.1) is 13.8 Å². The molecule has 0 spiro atoms. The van der Waals surface area contributed by atoms with Crippen LogP contribution in [-0.4, -0.2) is 27.0 Å². The van der Waals surface area contributed by atoms with Gasteiger partial charge in [-0.05, 0) is 39.8 Å². The second-order valence-electron chi connectivity index (χ2n) is 4.95. The van der Waals surface area contributed by atoms with E-state index in [4.69, 9.17) is 4.42 Å². The van der Waals surface area contributed by atoms with Gasteiger partial charge in [-0.25, -0.2) is 0 Å². The summed E-state index contributed by atoms with van der Waals surface area (Å²) in [7, 11) is 0. The van der Waals surface area contributed by atoms with Crippen molar-refractivity contribution in [3.05, 3.63) is 41.1 Å². The standard InChI is InChI=1S/C14H19N3O2/c1-9(2)17(8-12-6-5-10(3)19-12)14(18)13-7-15-16-11(13)4/h5-7,9H,8H2,1-4H3,(H,15,16). The third-order valence-electron chi connectivity index (χ3n) is 3.07. The number of hydrogen-bond acceptors (Lipinski definition) is 3. The van der Waals surface area contributed by atoms with Gasteiger partial charge in [0, 0.05) is 11.7 Å². The Morgan fingerprint density at radius 2 is 2.16 bits per heavy atom. The van der Waals surface area contributed by atoms with Crippen LogP contribution >= 0.6 is 0 Å².